The first-order chi connectivity index (χ1) is 15.8. The molecule has 0 unspecified atom stereocenters. The van der Waals surface area contributed by atoms with Crippen molar-refractivity contribution in [2.24, 2.45) is 0 Å². The summed E-state index contributed by atoms with van der Waals surface area (Å²) in [4.78, 5) is 10.3. The third-order valence-electron chi connectivity index (χ3n) is 4.16. The van der Waals surface area contributed by atoms with E-state index < -0.39 is 11.7 Å². The van der Waals surface area contributed by atoms with Crippen LogP contribution in [0.1, 0.15) is 5.56 Å². The lowest BCUT2D eigenvalue weighted by atomic mass is 10.1. The van der Waals surface area contributed by atoms with Gasteiger partial charge in [-0.05, 0) is 61.5 Å². The molecule has 0 N–H and O–H groups in total. The average molecular weight is 486 g/mol. The summed E-state index contributed by atoms with van der Waals surface area (Å²) in [5.74, 6) is 5.63. The topological polar surface area (TPSA) is 38.3 Å². The number of alkyl halides is 3. The van der Waals surface area contributed by atoms with Crippen LogP contribution in [-0.4, -0.2) is 34.5 Å². The van der Waals surface area contributed by atoms with Crippen LogP contribution in [0.25, 0.3) is 11.3 Å². The van der Waals surface area contributed by atoms with Gasteiger partial charge in [-0.1, -0.05) is 23.6 Å². The second kappa shape index (κ2) is 11.2. The van der Waals surface area contributed by atoms with E-state index in [1.54, 1.807) is 12.3 Å². The van der Waals surface area contributed by atoms with Crippen LogP contribution in [-0.2, 0) is 6.18 Å². The lowest BCUT2D eigenvalue weighted by molar-refractivity contribution is -0.137. The molecule has 0 aliphatic heterocycles. The summed E-state index contributed by atoms with van der Waals surface area (Å²) in [6, 6.07) is 10.4. The van der Waals surface area contributed by atoms with Crippen LogP contribution in [0.15, 0.2) is 69.7 Å². The van der Waals surface area contributed by atoms with Gasteiger partial charge in [-0.15, -0.1) is 12.8 Å². The fourth-order valence-electron chi connectivity index (χ4n) is 2.72. The zero-order valence-corrected chi connectivity index (χ0v) is 19.1. The van der Waals surface area contributed by atoms with Crippen molar-refractivity contribution in [1.82, 2.24) is 14.3 Å². The third-order valence-corrected chi connectivity index (χ3v) is 6.11. The minimum absolute atomic E-state index is 0.117. The first-order valence-corrected chi connectivity index (χ1v) is 11.1. The van der Waals surface area contributed by atoms with Crippen LogP contribution < -0.4 is 4.74 Å². The Morgan fingerprint density at radius 1 is 1.03 bits per heavy atom. The zero-order valence-electron chi connectivity index (χ0n) is 17.5. The van der Waals surface area contributed by atoms with Gasteiger partial charge in [0.1, 0.15) is 23.1 Å². The van der Waals surface area contributed by atoms with Crippen LogP contribution in [0.2, 0.25) is 0 Å². The Hall–Kier alpha value is -3.11. The van der Waals surface area contributed by atoms with Gasteiger partial charge in [0.25, 0.3) is 0 Å². The smallest absolute Gasteiger partial charge is 0.416 e. The monoisotopic (exact) mass is 485 g/mol. The van der Waals surface area contributed by atoms with Crippen molar-refractivity contribution in [3.05, 3.63) is 60.4 Å². The van der Waals surface area contributed by atoms with Gasteiger partial charge in [-0.3, -0.25) is 4.98 Å². The van der Waals surface area contributed by atoms with E-state index >= 15 is 0 Å². The summed E-state index contributed by atoms with van der Waals surface area (Å²) < 4.78 is 46.1. The Bertz CT molecular complexity index is 1190. The van der Waals surface area contributed by atoms with Crippen LogP contribution in [0.4, 0.5) is 13.2 Å². The summed E-state index contributed by atoms with van der Waals surface area (Å²) in [5, 5.41) is 0.558. The number of terminal acetylenes is 2. The summed E-state index contributed by atoms with van der Waals surface area (Å²) in [6.45, 7) is 0.537. The number of hydrogen-bond donors (Lipinski definition) is 0. The van der Waals surface area contributed by atoms with E-state index in [1.165, 1.54) is 42.0 Å². The molecule has 0 fully saturated rings. The molecule has 3 rings (SSSR count). The molecular formula is C24H18F3N3OS2. The number of benzene rings is 2. The van der Waals surface area contributed by atoms with E-state index in [0.717, 1.165) is 22.6 Å². The molecule has 4 nitrogen and oxygen atoms in total. The highest BCUT2D eigenvalue weighted by molar-refractivity contribution is 7.99. The summed E-state index contributed by atoms with van der Waals surface area (Å²) in [7, 11) is 1.86. The summed E-state index contributed by atoms with van der Waals surface area (Å²) in [5.41, 5.74) is 0.654. The van der Waals surface area contributed by atoms with Gasteiger partial charge in [0, 0.05) is 22.9 Å². The van der Waals surface area contributed by atoms with Gasteiger partial charge in [0.15, 0.2) is 0 Å². The number of rotatable bonds is 8. The second-order valence-corrected chi connectivity index (χ2v) is 8.88. The molecule has 1 aromatic heterocycles. The van der Waals surface area contributed by atoms with E-state index in [9.17, 15) is 13.2 Å². The summed E-state index contributed by atoms with van der Waals surface area (Å²) in [6.07, 6.45) is 9.44. The van der Waals surface area contributed by atoms with Gasteiger partial charge in [-0.2, -0.15) is 13.2 Å². The molecule has 168 valence electrons. The number of nitrogens with zero attached hydrogens (tertiary/aromatic N) is 3. The van der Waals surface area contributed by atoms with Gasteiger partial charge < -0.3 is 4.74 Å². The van der Waals surface area contributed by atoms with Gasteiger partial charge in [0.2, 0.25) is 0 Å². The standard InChI is InChI=1S/C24H18F3N3OS2/c1-4-14-30(3)33-21-16-17(6-11-20(21)31-15-5-2)22-23(29-13-12-28-22)32-19-9-7-18(8-10-19)24(25,26)27/h1-2,6-13,16H,14-15H2,3H3. The minimum Gasteiger partial charge on any atom is -0.480 e. The molecule has 2 aromatic carbocycles. The molecule has 0 saturated heterocycles. The molecule has 0 atom stereocenters. The van der Waals surface area contributed by atoms with Crippen LogP contribution >= 0.6 is 23.7 Å². The van der Waals surface area contributed by atoms with Crippen LogP contribution in [0, 0.1) is 24.7 Å². The second-order valence-electron chi connectivity index (χ2n) is 6.57. The molecular weight excluding hydrogens is 467 g/mol. The quantitative estimate of drug-likeness (QED) is 0.292. The third kappa shape index (κ3) is 6.69. The molecule has 9 heteroatoms. The Morgan fingerprint density at radius 3 is 2.42 bits per heavy atom. The highest BCUT2D eigenvalue weighted by atomic mass is 32.2. The van der Waals surface area contributed by atoms with Gasteiger partial charge in [0.05, 0.1) is 17.0 Å². The highest BCUT2D eigenvalue weighted by Crippen LogP contribution is 2.39. The van der Waals surface area contributed by atoms with E-state index in [0.29, 0.717) is 27.9 Å². The highest BCUT2D eigenvalue weighted by Gasteiger charge is 2.30. The molecule has 0 aliphatic carbocycles. The molecule has 0 amide bonds. The van der Waals surface area contributed by atoms with Gasteiger partial charge >= 0.3 is 6.18 Å². The SMILES string of the molecule is C#CCOc1ccc(-c2nccnc2Sc2ccc(C(F)(F)F)cc2)cc1SN(C)CC#C. The first kappa shape index (κ1) is 24.5. The lowest BCUT2D eigenvalue weighted by Crippen LogP contribution is -2.09. The number of halogens is 3. The fourth-order valence-corrected chi connectivity index (χ4v) is 4.46. The molecule has 1 heterocycles. The van der Waals surface area contributed by atoms with E-state index in [2.05, 4.69) is 21.8 Å². The average Bonchev–Trinajstić information content (AvgIpc) is 2.78. The maximum Gasteiger partial charge on any atom is 0.416 e. The van der Waals surface area contributed by atoms with Crippen molar-refractivity contribution >= 4 is 23.7 Å². The first-order valence-electron chi connectivity index (χ1n) is 9.51. The Morgan fingerprint density at radius 2 is 1.76 bits per heavy atom. The van der Waals surface area contributed by atoms with Crippen molar-refractivity contribution in [3.8, 4) is 41.7 Å². The molecule has 0 bridgehead atoms. The van der Waals surface area contributed by atoms with E-state index in [1.807, 2.05) is 23.5 Å². The van der Waals surface area contributed by atoms with E-state index in [-0.39, 0.29) is 6.61 Å². The maximum absolute atomic E-state index is 12.9. The number of hydrogen-bond acceptors (Lipinski definition) is 6. The van der Waals surface area contributed by atoms with Crippen molar-refractivity contribution < 1.29 is 17.9 Å². The fraction of sp³-hybridized carbons (Fsp3) is 0.167. The van der Waals surface area contributed by atoms with Crippen molar-refractivity contribution in [3.63, 3.8) is 0 Å². The Labute approximate surface area is 199 Å². The molecule has 0 radical (unpaired) electrons. The largest absolute Gasteiger partial charge is 0.480 e. The normalized spacial score (nSPS) is 11.1. The van der Waals surface area contributed by atoms with Crippen LogP contribution in [0.5, 0.6) is 5.75 Å². The van der Waals surface area contributed by atoms with Crippen molar-refractivity contribution in [2.45, 2.75) is 21.0 Å². The molecule has 33 heavy (non-hydrogen) atoms. The molecule has 0 aliphatic rings. The minimum atomic E-state index is -4.38. The zero-order chi connectivity index (χ0) is 23.8. The molecule has 3 aromatic rings. The van der Waals surface area contributed by atoms with E-state index in [4.69, 9.17) is 17.6 Å². The Balaban J connectivity index is 1.93. The summed E-state index contributed by atoms with van der Waals surface area (Å²) >= 11 is 2.64. The number of ether oxygens (including phenoxy) is 1. The molecule has 0 saturated carbocycles. The Kier molecular flexibility index (Phi) is 8.29. The maximum atomic E-state index is 12.9. The number of aromatic nitrogens is 2. The predicted molar refractivity (Wildman–Crippen MR) is 125 cm³/mol. The predicted octanol–water partition coefficient (Wildman–Crippen LogP) is 5.90. The van der Waals surface area contributed by atoms with Crippen LogP contribution in [0.3, 0.4) is 0 Å². The van der Waals surface area contributed by atoms with Crippen molar-refractivity contribution in [1.29, 1.82) is 0 Å². The van der Waals surface area contributed by atoms with Crippen molar-refractivity contribution in [2.75, 3.05) is 20.2 Å². The lowest BCUT2D eigenvalue weighted by Gasteiger charge is -2.16. The van der Waals surface area contributed by atoms with Gasteiger partial charge in [-0.25, -0.2) is 9.29 Å². The molecule has 0 spiro atoms.